The number of hydrogen-bond donors (Lipinski definition) is 1. The second-order valence-electron chi connectivity index (χ2n) is 5.14. The van der Waals surface area contributed by atoms with Crippen LogP contribution in [0.1, 0.15) is 11.1 Å². The van der Waals surface area contributed by atoms with Crippen molar-refractivity contribution in [3.8, 4) is 11.5 Å². The molecule has 0 aliphatic rings. The van der Waals surface area contributed by atoms with Gasteiger partial charge in [0.1, 0.15) is 0 Å². The predicted molar refractivity (Wildman–Crippen MR) is 89.2 cm³/mol. The highest BCUT2D eigenvalue weighted by molar-refractivity contribution is 5.46. The standard InChI is InChI=1S/C18H24N2O2/c1-21-17-10-6-9-16(18(17)22-2)14-20(12-11-19)13-15-7-4-3-5-8-15/h3-10H,11-14,19H2,1-2H3. The molecule has 0 bridgehead atoms. The first-order chi connectivity index (χ1) is 10.8. The van der Waals surface area contributed by atoms with Crippen LogP contribution >= 0.6 is 0 Å². The number of methoxy groups -OCH3 is 2. The monoisotopic (exact) mass is 300 g/mol. The van der Waals surface area contributed by atoms with Crippen LogP contribution in [0, 0.1) is 0 Å². The van der Waals surface area contributed by atoms with Gasteiger partial charge in [-0.25, -0.2) is 0 Å². The van der Waals surface area contributed by atoms with Gasteiger partial charge in [0, 0.05) is 31.7 Å². The summed E-state index contributed by atoms with van der Waals surface area (Å²) >= 11 is 0. The zero-order chi connectivity index (χ0) is 15.8. The molecule has 0 heterocycles. The minimum Gasteiger partial charge on any atom is -0.493 e. The lowest BCUT2D eigenvalue weighted by Gasteiger charge is -2.23. The average Bonchev–Trinajstić information content (AvgIpc) is 2.55. The Morgan fingerprint density at radius 1 is 0.909 bits per heavy atom. The van der Waals surface area contributed by atoms with Gasteiger partial charge in [0.25, 0.3) is 0 Å². The molecule has 2 N–H and O–H groups in total. The van der Waals surface area contributed by atoms with Crippen molar-refractivity contribution in [1.82, 2.24) is 4.90 Å². The quantitative estimate of drug-likeness (QED) is 0.814. The average molecular weight is 300 g/mol. The van der Waals surface area contributed by atoms with Crippen LogP contribution in [0.15, 0.2) is 48.5 Å². The SMILES string of the molecule is COc1cccc(CN(CCN)Cc2ccccc2)c1OC. The van der Waals surface area contributed by atoms with Crippen LogP contribution in [0.5, 0.6) is 11.5 Å². The summed E-state index contributed by atoms with van der Waals surface area (Å²) in [6, 6.07) is 16.4. The van der Waals surface area contributed by atoms with Crippen molar-refractivity contribution in [2.75, 3.05) is 27.3 Å². The molecular formula is C18H24N2O2. The summed E-state index contributed by atoms with van der Waals surface area (Å²) in [7, 11) is 3.33. The molecule has 4 heteroatoms. The van der Waals surface area contributed by atoms with Crippen molar-refractivity contribution in [3.05, 3.63) is 59.7 Å². The van der Waals surface area contributed by atoms with Gasteiger partial charge in [-0.15, -0.1) is 0 Å². The first kappa shape index (κ1) is 16.3. The molecule has 0 amide bonds. The molecule has 0 aliphatic heterocycles. The molecule has 0 saturated heterocycles. The maximum Gasteiger partial charge on any atom is 0.165 e. The Hall–Kier alpha value is -2.04. The zero-order valence-corrected chi connectivity index (χ0v) is 13.3. The summed E-state index contributed by atoms with van der Waals surface area (Å²) in [6.07, 6.45) is 0. The van der Waals surface area contributed by atoms with E-state index in [1.165, 1.54) is 5.56 Å². The maximum absolute atomic E-state index is 5.77. The molecule has 0 aliphatic carbocycles. The first-order valence-electron chi connectivity index (χ1n) is 7.44. The van der Waals surface area contributed by atoms with Crippen molar-refractivity contribution in [2.45, 2.75) is 13.1 Å². The number of benzene rings is 2. The summed E-state index contributed by atoms with van der Waals surface area (Å²) in [5.74, 6) is 1.55. The van der Waals surface area contributed by atoms with Crippen LogP contribution in [-0.4, -0.2) is 32.2 Å². The van der Waals surface area contributed by atoms with Gasteiger partial charge in [-0.3, -0.25) is 4.90 Å². The molecule has 0 spiro atoms. The van der Waals surface area contributed by atoms with E-state index in [9.17, 15) is 0 Å². The van der Waals surface area contributed by atoms with Crippen LogP contribution in [0.4, 0.5) is 0 Å². The lowest BCUT2D eigenvalue weighted by atomic mass is 10.1. The highest BCUT2D eigenvalue weighted by Gasteiger charge is 2.13. The number of nitrogens with zero attached hydrogens (tertiary/aromatic N) is 1. The highest BCUT2D eigenvalue weighted by Crippen LogP contribution is 2.31. The van der Waals surface area contributed by atoms with Gasteiger partial charge >= 0.3 is 0 Å². The third-order valence-corrected chi connectivity index (χ3v) is 3.57. The Bertz CT molecular complexity index is 573. The van der Waals surface area contributed by atoms with E-state index in [1.807, 2.05) is 18.2 Å². The Kier molecular flexibility index (Phi) is 6.25. The molecule has 4 nitrogen and oxygen atoms in total. The smallest absolute Gasteiger partial charge is 0.165 e. The number of rotatable bonds is 8. The van der Waals surface area contributed by atoms with Crippen LogP contribution in [0.25, 0.3) is 0 Å². The molecule has 2 aromatic carbocycles. The Morgan fingerprint density at radius 2 is 1.68 bits per heavy atom. The molecule has 2 aromatic rings. The van der Waals surface area contributed by atoms with E-state index in [1.54, 1.807) is 14.2 Å². The molecule has 0 radical (unpaired) electrons. The first-order valence-corrected chi connectivity index (χ1v) is 7.44. The molecule has 0 fully saturated rings. The van der Waals surface area contributed by atoms with Gasteiger partial charge in [0.15, 0.2) is 11.5 Å². The molecule has 0 saturated carbocycles. The molecule has 0 aromatic heterocycles. The number of hydrogen-bond acceptors (Lipinski definition) is 4. The van der Waals surface area contributed by atoms with Crippen molar-refractivity contribution in [2.24, 2.45) is 5.73 Å². The summed E-state index contributed by atoms with van der Waals surface area (Å²) in [6.45, 7) is 3.08. The predicted octanol–water partition coefficient (Wildman–Crippen LogP) is 2.66. The number of para-hydroxylation sites is 1. The molecule has 0 atom stereocenters. The number of ether oxygens (including phenoxy) is 2. The van der Waals surface area contributed by atoms with Crippen molar-refractivity contribution < 1.29 is 9.47 Å². The fourth-order valence-electron chi connectivity index (χ4n) is 2.56. The van der Waals surface area contributed by atoms with Crippen molar-refractivity contribution >= 4 is 0 Å². The molecule has 0 unspecified atom stereocenters. The normalized spacial score (nSPS) is 10.7. The second-order valence-corrected chi connectivity index (χ2v) is 5.14. The minimum atomic E-state index is 0.624. The molecular weight excluding hydrogens is 276 g/mol. The van der Waals surface area contributed by atoms with Crippen LogP contribution in [-0.2, 0) is 13.1 Å². The Balaban J connectivity index is 2.17. The largest absolute Gasteiger partial charge is 0.493 e. The van der Waals surface area contributed by atoms with Crippen LogP contribution in [0.3, 0.4) is 0 Å². The topological polar surface area (TPSA) is 47.7 Å². The number of nitrogens with two attached hydrogens (primary N) is 1. The van der Waals surface area contributed by atoms with E-state index in [2.05, 4.69) is 35.2 Å². The molecule has 2 rings (SSSR count). The van der Waals surface area contributed by atoms with Gasteiger partial charge in [0.05, 0.1) is 14.2 Å². The van der Waals surface area contributed by atoms with Gasteiger partial charge in [-0.05, 0) is 11.6 Å². The summed E-state index contributed by atoms with van der Waals surface area (Å²) < 4.78 is 10.9. The zero-order valence-electron chi connectivity index (χ0n) is 13.3. The van der Waals surface area contributed by atoms with Gasteiger partial charge in [-0.2, -0.15) is 0 Å². The fourth-order valence-corrected chi connectivity index (χ4v) is 2.56. The third kappa shape index (κ3) is 4.23. The van der Waals surface area contributed by atoms with Gasteiger partial charge < -0.3 is 15.2 Å². The van der Waals surface area contributed by atoms with Crippen molar-refractivity contribution in [1.29, 1.82) is 0 Å². The molecule has 22 heavy (non-hydrogen) atoms. The van der Waals surface area contributed by atoms with E-state index in [4.69, 9.17) is 15.2 Å². The summed E-state index contributed by atoms with van der Waals surface area (Å²) in [4.78, 5) is 2.31. The van der Waals surface area contributed by atoms with Gasteiger partial charge in [0.2, 0.25) is 0 Å². The van der Waals surface area contributed by atoms with E-state index >= 15 is 0 Å². The Morgan fingerprint density at radius 3 is 2.32 bits per heavy atom. The lowest BCUT2D eigenvalue weighted by molar-refractivity contribution is 0.257. The van der Waals surface area contributed by atoms with E-state index in [-0.39, 0.29) is 0 Å². The second kappa shape index (κ2) is 8.41. The van der Waals surface area contributed by atoms with Crippen molar-refractivity contribution in [3.63, 3.8) is 0 Å². The fraction of sp³-hybridized carbons (Fsp3) is 0.333. The summed E-state index contributed by atoms with van der Waals surface area (Å²) in [5.41, 5.74) is 8.14. The van der Waals surface area contributed by atoms with Crippen LogP contribution < -0.4 is 15.2 Å². The van der Waals surface area contributed by atoms with E-state index in [0.29, 0.717) is 6.54 Å². The maximum atomic E-state index is 5.77. The third-order valence-electron chi connectivity index (χ3n) is 3.57. The minimum absolute atomic E-state index is 0.624. The molecule has 118 valence electrons. The summed E-state index contributed by atoms with van der Waals surface area (Å²) in [5, 5.41) is 0. The Labute approximate surface area is 132 Å². The van der Waals surface area contributed by atoms with Gasteiger partial charge in [-0.1, -0.05) is 42.5 Å². The highest BCUT2D eigenvalue weighted by atomic mass is 16.5. The van der Waals surface area contributed by atoms with Crippen LogP contribution in [0.2, 0.25) is 0 Å². The van der Waals surface area contributed by atoms with E-state index in [0.717, 1.165) is 36.7 Å². The lowest BCUT2D eigenvalue weighted by Crippen LogP contribution is -2.28. The van der Waals surface area contributed by atoms with E-state index < -0.39 is 0 Å².